The van der Waals surface area contributed by atoms with E-state index in [0.29, 0.717) is 12.2 Å². The fraction of sp³-hybridized carbons (Fsp3) is 0.500. The monoisotopic (exact) mass is 451 g/mol. The fourth-order valence-electron chi connectivity index (χ4n) is 4.85. The van der Waals surface area contributed by atoms with Crippen LogP contribution in [0.4, 0.5) is 4.39 Å². The summed E-state index contributed by atoms with van der Waals surface area (Å²) in [5.41, 5.74) is 6.61. The molecule has 0 amide bonds. The van der Waals surface area contributed by atoms with Crippen molar-refractivity contribution in [2.24, 2.45) is 0 Å². The van der Waals surface area contributed by atoms with E-state index in [-0.39, 0.29) is 17.8 Å². The highest BCUT2D eigenvalue weighted by molar-refractivity contribution is 5.75. The highest BCUT2D eigenvalue weighted by Gasteiger charge is 2.31. The first-order valence-corrected chi connectivity index (χ1v) is 12.3. The summed E-state index contributed by atoms with van der Waals surface area (Å²) in [5, 5.41) is 0. The number of halogens is 1. The van der Waals surface area contributed by atoms with Crippen LogP contribution in [0.15, 0.2) is 48.7 Å². The largest absolute Gasteiger partial charge is 0.490 e. The van der Waals surface area contributed by atoms with Crippen molar-refractivity contribution >= 4 is 0 Å². The molecule has 0 spiro atoms. The predicted octanol–water partition coefficient (Wildman–Crippen LogP) is 7.18. The summed E-state index contributed by atoms with van der Waals surface area (Å²) in [7, 11) is 0. The number of nitrogens with one attached hydrogen (secondary N) is 1. The molecule has 0 aliphatic heterocycles. The Labute approximate surface area is 196 Å². The SMILES string of the molecule is C=C(N[N+](=O)CC)C(C)(C)c1ccc(OC2CCCC2)c(-c2cccc(F)c2C2CCC2)c1. The van der Waals surface area contributed by atoms with Crippen LogP contribution in [-0.4, -0.2) is 17.5 Å². The molecule has 176 valence electrons. The molecule has 0 unspecified atom stereocenters. The van der Waals surface area contributed by atoms with Gasteiger partial charge in [0.05, 0.1) is 16.7 Å². The van der Waals surface area contributed by atoms with Crippen LogP contribution in [0.25, 0.3) is 11.1 Å². The normalized spacial score (nSPS) is 17.0. The molecule has 0 saturated heterocycles. The summed E-state index contributed by atoms with van der Waals surface area (Å²) in [4.78, 5) is 12.7. The zero-order valence-corrected chi connectivity index (χ0v) is 20.1. The van der Waals surface area contributed by atoms with Crippen molar-refractivity contribution in [2.75, 3.05) is 6.54 Å². The Morgan fingerprint density at radius 1 is 1.12 bits per heavy atom. The summed E-state index contributed by atoms with van der Waals surface area (Å²) < 4.78 is 21.6. The maximum absolute atomic E-state index is 15.1. The van der Waals surface area contributed by atoms with E-state index in [1.165, 1.54) is 12.8 Å². The van der Waals surface area contributed by atoms with Gasteiger partial charge in [-0.05, 0) is 79.3 Å². The number of nitrogens with zero attached hydrogens (tertiary/aromatic N) is 1. The smallest absolute Gasteiger partial charge is 0.222 e. The molecule has 2 fully saturated rings. The summed E-state index contributed by atoms with van der Waals surface area (Å²) in [6.07, 6.45) is 7.89. The van der Waals surface area contributed by atoms with Crippen LogP contribution >= 0.6 is 0 Å². The molecule has 0 radical (unpaired) electrons. The van der Waals surface area contributed by atoms with Crippen molar-refractivity contribution in [1.29, 1.82) is 0 Å². The van der Waals surface area contributed by atoms with Gasteiger partial charge in [-0.1, -0.05) is 45.0 Å². The molecule has 0 bridgehead atoms. The molecule has 2 aliphatic rings. The summed E-state index contributed by atoms with van der Waals surface area (Å²) in [6, 6.07) is 11.6. The molecular weight excluding hydrogens is 415 g/mol. The van der Waals surface area contributed by atoms with Crippen LogP contribution < -0.4 is 10.2 Å². The Kier molecular flexibility index (Phi) is 6.87. The molecular formula is C28H36FN2O2+. The molecule has 0 aromatic heterocycles. The first kappa shape index (κ1) is 23.5. The molecule has 1 N–H and O–H groups in total. The molecule has 2 aromatic rings. The van der Waals surface area contributed by atoms with Gasteiger partial charge in [-0.3, -0.25) is 0 Å². The minimum absolute atomic E-state index is 0.135. The Balaban J connectivity index is 1.79. The van der Waals surface area contributed by atoms with E-state index in [1.54, 1.807) is 19.1 Å². The van der Waals surface area contributed by atoms with Gasteiger partial charge in [0.25, 0.3) is 0 Å². The van der Waals surface area contributed by atoms with Crippen molar-refractivity contribution in [1.82, 2.24) is 5.43 Å². The van der Waals surface area contributed by atoms with Crippen LogP contribution in [0, 0.1) is 10.7 Å². The quantitative estimate of drug-likeness (QED) is 0.324. The predicted molar refractivity (Wildman–Crippen MR) is 131 cm³/mol. The van der Waals surface area contributed by atoms with Gasteiger partial charge < -0.3 is 4.74 Å². The second-order valence-electron chi connectivity index (χ2n) is 9.97. The van der Waals surface area contributed by atoms with Crippen LogP contribution in [0.3, 0.4) is 0 Å². The van der Waals surface area contributed by atoms with E-state index in [9.17, 15) is 4.91 Å². The van der Waals surface area contributed by atoms with Crippen molar-refractivity contribution in [3.8, 4) is 16.9 Å². The standard InChI is InChI=1S/C28H36FN2O2/c1-5-31(32)30-19(2)28(3,4)21-16-17-26(33-22-12-6-7-13-22)24(18-21)23-14-9-15-25(29)27(23)20-10-8-11-20/h9,14-18,20,22H,2,5-8,10-13H2,1,3-4H3,(H,30,32)/q+1. The summed E-state index contributed by atoms with van der Waals surface area (Å²) >= 11 is 0. The van der Waals surface area contributed by atoms with Gasteiger partial charge in [0.2, 0.25) is 6.54 Å². The van der Waals surface area contributed by atoms with Crippen LogP contribution in [0.2, 0.25) is 0 Å². The van der Waals surface area contributed by atoms with Gasteiger partial charge >= 0.3 is 0 Å². The molecule has 0 atom stereocenters. The van der Waals surface area contributed by atoms with Gasteiger partial charge in [0, 0.05) is 17.9 Å². The fourth-order valence-corrected chi connectivity index (χ4v) is 4.85. The summed E-state index contributed by atoms with van der Waals surface area (Å²) in [6.45, 7) is 10.3. The van der Waals surface area contributed by atoms with Crippen LogP contribution in [0.5, 0.6) is 5.75 Å². The lowest BCUT2D eigenvalue weighted by molar-refractivity contribution is -0.597. The molecule has 0 heterocycles. The topological polar surface area (TPSA) is 41.3 Å². The third-order valence-corrected chi connectivity index (χ3v) is 7.45. The Bertz CT molecular complexity index is 1040. The Morgan fingerprint density at radius 2 is 1.85 bits per heavy atom. The van der Waals surface area contributed by atoms with Gasteiger partial charge in [0.15, 0.2) is 0 Å². The van der Waals surface area contributed by atoms with Crippen LogP contribution in [-0.2, 0) is 5.41 Å². The number of hydrogen-bond donors (Lipinski definition) is 1. The molecule has 5 heteroatoms. The third-order valence-electron chi connectivity index (χ3n) is 7.45. The lowest BCUT2D eigenvalue weighted by atomic mass is 9.75. The minimum atomic E-state index is -0.511. The van der Waals surface area contributed by atoms with Gasteiger partial charge in [-0.15, -0.1) is 5.43 Å². The number of rotatable bonds is 9. The number of allylic oxidation sites excluding steroid dienone is 1. The number of hydrogen-bond acceptors (Lipinski definition) is 2. The maximum atomic E-state index is 15.1. The first-order chi connectivity index (χ1) is 15.8. The second-order valence-corrected chi connectivity index (χ2v) is 9.97. The van der Waals surface area contributed by atoms with E-state index in [1.807, 2.05) is 32.0 Å². The van der Waals surface area contributed by atoms with Crippen molar-refractivity contribution in [2.45, 2.75) is 83.2 Å². The third kappa shape index (κ3) is 4.83. The minimum Gasteiger partial charge on any atom is -0.490 e. The Hall–Kier alpha value is -2.69. The highest BCUT2D eigenvalue weighted by Crippen LogP contribution is 2.46. The van der Waals surface area contributed by atoms with E-state index in [0.717, 1.165) is 65.0 Å². The lowest BCUT2D eigenvalue weighted by Gasteiger charge is -2.30. The van der Waals surface area contributed by atoms with Gasteiger partial charge in [-0.2, -0.15) is 0 Å². The number of ether oxygens (including phenoxy) is 1. The van der Waals surface area contributed by atoms with Crippen molar-refractivity contribution in [3.63, 3.8) is 0 Å². The van der Waals surface area contributed by atoms with Crippen LogP contribution in [0.1, 0.15) is 82.8 Å². The average molecular weight is 452 g/mol. The van der Waals surface area contributed by atoms with Crippen molar-refractivity contribution < 1.29 is 14.0 Å². The molecule has 4 nitrogen and oxygen atoms in total. The number of benzene rings is 2. The highest BCUT2D eigenvalue weighted by atomic mass is 19.1. The van der Waals surface area contributed by atoms with E-state index < -0.39 is 5.41 Å². The lowest BCUT2D eigenvalue weighted by Crippen LogP contribution is -2.35. The molecule has 33 heavy (non-hydrogen) atoms. The van der Waals surface area contributed by atoms with Gasteiger partial charge in [0.1, 0.15) is 16.4 Å². The maximum Gasteiger partial charge on any atom is 0.222 e. The zero-order valence-electron chi connectivity index (χ0n) is 20.1. The van der Waals surface area contributed by atoms with E-state index >= 15 is 4.39 Å². The average Bonchev–Trinajstić information content (AvgIpc) is 3.27. The van der Waals surface area contributed by atoms with Crippen molar-refractivity contribution in [3.05, 3.63) is 70.5 Å². The van der Waals surface area contributed by atoms with E-state index in [4.69, 9.17) is 4.74 Å². The van der Waals surface area contributed by atoms with Gasteiger partial charge in [-0.25, -0.2) is 4.39 Å². The first-order valence-electron chi connectivity index (χ1n) is 12.3. The second kappa shape index (κ2) is 9.66. The van der Waals surface area contributed by atoms with E-state index in [2.05, 4.69) is 18.1 Å². The molecule has 4 rings (SSSR count). The number of nitroso groups, excluding NO2 is 1. The molecule has 2 aromatic carbocycles. The Morgan fingerprint density at radius 3 is 2.48 bits per heavy atom. The molecule has 2 aliphatic carbocycles. The molecule has 2 saturated carbocycles. The summed E-state index contributed by atoms with van der Waals surface area (Å²) in [5.74, 6) is 0.933. The zero-order chi connectivity index (χ0) is 23.6. The number of hydrazine groups is 1.